The second kappa shape index (κ2) is 7.45. The summed E-state index contributed by atoms with van der Waals surface area (Å²) >= 11 is 0. The molecule has 1 heterocycles. The fourth-order valence-electron chi connectivity index (χ4n) is 2.63. The number of hydrogen-bond donors (Lipinski definition) is 0. The number of amides is 1. The maximum atomic E-state index is 13.8. The third kappa shape index (κ3) is 3.92. The van der Waals surface area contributed by atoms with Gasteiger partial charge in [-0.1, -0.05) is 29.8 Å². The third-order valence-electron chi connectivity index (χ3n) is 3.99. The second-order valence-corrected chi connectivity index (χ2v) is 5.85. The van der Waals surface area contributed by atoms with Crippen LogP contribution >= 0.6 is 0 Å². The zero-order chi connectivity index (χ0) is 16.9. The number of morpholine rings is 1. The highest BCUT2D eigenvalue weighted by Crippen LogP contribution is 2.16. The first-order valence-electron chi connectivity index (χ1n) is 7.98. The van der Waals surface area contributed by atoms with E-state index in [0.717, 1.165) is 11.3 Å². The summed E-state index contributed by atoms with van der Waals surface area (Å²) in [5, 5.41) is 0. The van der Waals surface area contributed by atoms with Gasteiger partial charge in [0.15, 0.2) is 0 Å². The van der Waals surface area contributed by atoms with E-state index in [9.17, 15) is 9.18 Å². The van der Waals surface area contributed by atoms with E-state index in [1.807, 2.05) is 31.2 Å². The van der Waals surface area contributed by atoms with Crippen molar-refractivity contribution in [2.45, 2.75) is 13.0 Å². The zero-order valence-corrected chi connectivity index (χ0v) is 13.6. The summed E-state index contributed by atoms with van der Waals surface area (Å²) in [7, 11) is 0. The lowest BCUT2D eigenvalue weighted by Gasteiger charge is -2.33. The van der Waals surface area contributed by atoms with Crippen LogP contribution in [0.25, 0.3) is 0 Å². The average molecular weight is 329 g/mol. The predicted molar refractivity (Wildman–Crippen MR) is 88.7 cm³/mol. The molecule has 1 saturated heterocycles. The van der Waals surface area contributed by atoms with Crippen LogP contribution in [-0.4, -0.2) is 43.2 Å². The molecule has 126 valence electrons. The van der Waals surface area contributed by atoms with Gasteiger partial charge in [0.2, 0.25) is 0 Å². The number of nitrogens with zero attached hydrogens (tertiary/aromatic N) is 1. The molecule has 1 amide bonds. The largest absolute Gasteiger partial charge is 0.491 e. The van der Waals surface area contributed by atoms with Crippen molar-refractivity contribution in [3.8, 4) is 5.75 Å². The number of carbonyl (C=O) groups is 1. The van der Waals surface area contributed by atoms with Crippen molar-refractivity contribution in [2.24, 2.45) is 0 Å². The van der Waals surface area contributed by atoms with Crippen molar-refractivity contribution in [2.75, 3.05) is 26.3 Å². The van der Waals surface area contributed by atoms with Crippen molar-refractivity contribution in [3.05, 3.63) is 65.5 Å². The molecule has 0 spiro atoms. The average Bonchev–Trinajstić information content (AvgIpc) is 2.61. The van der Waals surface area contributed by atoms with E-state index in [0.29, 0.717) is 26.3 Å². The van der Waals surface area contributed by atoms with Crippen LogP contribution in [0.1, 0.15) is 15.9 Å². The Kier molecular flexibility index (Phi) is 5.11. The molecule has 1 aliphatic rings. The first-order chi connectivity index (χ1) is 11.6. The molecule has 5 heteroatoms. The smallest absolute Gasteiger partial charge is 0.256 e. The third-order valence-corrected chi connectivity index (χ3v) is 3.99. The van der Waals surface area contributed by atoms with Crippen LogP contribution in [-0.2, 0) is 4.74 Å². The summed E-state index contributed by atoms with van der Waals surface area (Å²) in [4.78, 5) is 14.1. The van der Waals surface area contributed by atoms with Gasteiger partial charge in [-0.3, -0.25) is 4.79 Å². The monoisotopic (exact) mass is 329 g/mol. The molecule has 3 rings (SSSR count). The lowest BCUT2D eigenvalue weighted by Crippen LogP contribution is -2.47. The van der Waals surface area contributed by atoms with Crippen LogP contribution in [0.15, 0.2) is 48.5 Å². The molecule has 2 aromatic carbocycles. The number of hydrogen-bond acceptors (Lipinski definition) is 3. The van der Waals surface area contributed by atoms with Gasteiger partial charge in [0.25, 0.3) is 5.91 Å². The minimum Gasteiger partial charge on any atom is -0.491 e. The van der Waals surface area contributed by atoms with Gasteiger partial charge in [-0.05, 0) is 31.2 Å². The summed E-state index contributed by atoms with van der Waals surface area (Å²) in [5.41, 5.74) is 1.26. The summed E-state index contributed by atoms with van der Waals surface area (Å²) in [6, 6.07) is 13.8. The van der Waals surface area contributed by atoms with Crippen LogP contribution in [0.3, 0.4) is 0 Å². The Morgan fingerprint density at radius 3 is 2.75 bits per heavy atom. The molecule has 0 aromatic heterocycles. The van der Waals surface area contributed by atoms with Crippen LogP contribution in [0.5, 0.6) is 5.75 Å². The number of benzene rings is 2. The van der Waals surface area contributed by atoms with E-state index in [1.165, 1.54) is 12.1 Å². The molecule has 0 aliphatic carbocycles. The summed E-state index contributed by atoms with van der Waals surface area (Å²) in [6.45, 7) is 3.62. The van der Waals surface area contributed by atoms with Gasteiger partial charge in [-0.25, -0.2) is 4.39 Å². The Bertz CT molecular complexity index is 702. The molecule has 2 aromatic rings. The predicted octanol–water partition coefficient (Wildman–Crippen LogP) is 3.05. The number of carbonyl (C=O) groups excluding carboxylic acids is 1. The number of aryl methyl sites for hydroxylation is 1. The Morgan fingerprint density at radius 1 is 1.25 bits per heavy atom. The molecule has 0 radical (unpaired) electrons. The molecular formula is C19H20FNO3. The molecule has 1 unspecified atom stereocenters. The van der Waals surface area contributed by atoms with E-state index >= 15 is 0 Å². The van der Waals surface area contributed by atoms with Gasteiger partial charge < -0.3 is 14.4 Å². The van der Waals surface area contributed by atoms with Gasteiger partial charge in [0.05, 0.1) is 18.7 Å². The summed E-state index contributed by atoms with van der Waals surface area (Å²) in [6.07, 6.45) is -0.226. The molecule has 1 aliphatic heterocycles. The molecular weight excluding hydrogens is 309 g/mol. The van der Waals surface area contributed by atoms with E-state index in [2.05, 4.69) is 0 Å². The van der Waals surface area contributed by atoms with Crippen molar-refractivity contribution in [3.63, 3.8) is 0 Å². The molecule has 4 nitrogen and oxygen atoms in total. The van der Waals surface area contributed by atoms with Crippen molar-refractivity contribution >= 4 is 5.91 Å². The van der Waals surface area contributed by atoms with Crippen molar-refractivity contribution in [1.82, 2.24) is 4.90 Å². The molecule has 1 atom stereocenters. The van der Waals surface area contributed by atoms with Crippen molar-refractivity contribution in [1.29, 1.82) is 0 Å². The van der Waals surface area contributed by atoms with Gasteiger partial charge >= 0.3 is 0 Å². The van der Waals surface area contributed by atoms with E-state index in [1.54, 1.807) is 17.0 Å². The molecule has 0 bridgehead atoms. The van der Waals surface area contributed by atoms with Gasteiger partial charge in [0.1, 0.15) is 24.3 Å². The van der Waals surface area contributed by atoms with Gasteiger partial charge in [-0.15, -0.1) is 0 Å². The van der Waals surface area contributed by atoms with Crippen molar-refractivity contribution < 1.29 is 18.7 Å². The van der Waals surface area contributed by atoms with Crippen LogP contribution in [0.4, 0.5) is 4.39 Å². The zero-order valence-electron chi connectivity index (χ0n) is 13.6. The number of rotatable bonds is 4. The Balaban J connectivity index is 1.59. The maximum absolute atomic E-state index is 13.8. The Morgan fingerprint density at radius 2 is 2.00 bits per heavy atom. The lowest BCUT2D eigenvalue weighted by molar-refractivity contribution is -0.0402. The Hall–Kier alpha value is -2.40. The fourth-order valence-corrected chi connectivity index (χ4v) is 2.63. The summed E-state index contributed by atoms with van der Waals surface area (Å²) in [5.74, 6) is -0.0417. The molecule has 1 fully saturated rings. The highest BCUT2D eigenvalue weighted by Gasteiger charge is 2.26. The van der Waals surface area contributed by atoms with E-state index in [-0.39, 0.29) is 17.6 Å². The Labute approximate surface area is 140 Å². The normalized spacial score (nSPS) is 17.6. The fraction of sp³-hybridized carbons (Fsp3) is 0.316. The highest BCUT2D eigenvalue weighted by molar-refractivity contribution is 5.94. The second-order valence-electron chi connectivity index (χ2n) is 5.85. The molecule has 0 saturated carbocycles. The number of halogens is 1. The van der Waals surface area contributed by atoms with Gasteiger partial charge in [-0.2, -0.15) is 0 Å². The molecule has 0 N–H and O–H groups in total. The summed E-state index contributed by atoms with van der Waals surface area (Å²) < 4.78 is 25.2. The van der Waals surface area contributed by atoms with E-state index in [4.69, 9.17) is 9.47 Å². The maximum Gasteiger partial charge on any atom is 0.256 e. The lowest BCUT2D eigenvalue weighted by atomic mass is 10.1. The quantitative estimate of drug-likeness (QED) is 0.865. The topological polar surface area (TPSA) is 38.8 Å². The number of ether oxygens (including phenoxy) is 2. The standard InChI is InChI=1S/C19H20FNO3/c1-14-6-8-15(9-7-14)24-13-16-12-21(10-11-23-16)19(22)17-4-2-3-5-18(17)20/h2-9,16H,10-13H2,1H3. The minimum atomic E-state index is -0.499. The minimum absolute atomic E-state index is 0.0950. The first-order valence-corrected chi connectivity index (χ1v) is 7.98. The van der Waals surface area contributed by atoms with Crippen LogP contribution in [0, 0.1) is 12.7 Å². The highest BCUT2D eigenvalue weighted by atomic mass is 19.1. The van der Waals surface area contributed by atoms with Crippen LogP contribution in [0.2, 0.25) is 0 Å². The first kappa shape index (κ1) is 16.5. The van der Waals surface area contributed by atoms with Crippen LogP contribution < -0.4 is 4.74 Å². The van der Waals surface area contributed by atoms with E-state index < -0.39 is 5.82 Å². The SMILES string of the molecule is Cc1ccc(OCC2CN(C(=O)c3ccccc3F)CCO2)cc1. The van der Waals surface area contributed by atoms with Gasteiger partial charge in [0, 0.05) is 6.54 Å². The molecule has 24 heavy (non-hydrogen) atoms.